The summed E-state index contributed by atoms with van der Waals surface area (Å²) in [5.74, 6) is 0.226. The summed E-state index contributed by atoms with van der Waals surface area (Å²) in [4.78, 5) is 89.9. The van der Waals surface area contributed by atoms with Gasteiger partial charge in [-0.05, 0) is 163 Å². The molecule has 0 saturated carbocycles. The van der Waals surface area contributed by atoms with Crippen LogP contribution in [0.2, 0.25) is 0 Å². The van der Waals surface area contributed by atoms with Gasteiger partial charge < -0.3 is 46.1 Å². The molecule has 0 aromatic heterocycles. The third kappa shape index (κ3) is 20.2. The summed E-state index contributed by atoms with van der Waals surface area (Å²) in [6, 6.07) is 33.0. The molecule has 3 heterocycles. The van der Waals surface area contributed by atoms with Crippen LogP contribution in [0.3, 0.4) is 0 Å². The number of ether oxygens (including phenoxy) is 3. The molecule has 9 rings (SSSR count). The first-order chi connectivity index (χ1) is 43.2. The van der Waals surface area contributed by atoms with Gasteiger partial charge in [-0.1, -0.05) is 98.3 Å². The van der Waals surface area contributed by atoms with Gasteiger partial charge in [0, 0.05) is 112 Å². The van der Waals surface area contributed by atoms with E-state index in [0.717, 1.165) is 110 Å². The standard InChI is InChI=1S/C72H90N8O9/c1-7-13-49-31-50(14-8-2)35-61(34-49)87-64-43-55-40-56(44-64)68(82)74-20-26-80-28-22-76-70(84)58-41-57(45-65(46-58)88-62-36-51(15-9-3)32-52(37-62)16-10-4)69(83)75-21-27-79(25-19-73-67(55)81)29-23-77-71(85)59-42-60(72(86)78-24-30-80)48-66(47-59)89-63-38-53(17-11-5)33-54(39-63)18-12-6/h31-48H,7-30H2,1-6H3,(H,73,81)(H,74,82)(H,75,83)(H,76,84)(H,77,85)(H,78,86). The SMILES string of the molecule is CCCc1cc(CCC)cc(Oc2cc3cc(c2)C(=O)NCCN2CCNC(=O)c4cc(Oc5cc(CCC)cc(CCC)c5)cc(c4)C(=O)NCCN(CCNC3=O)CCNC(=O)c3cc(Oc4cc(CCC)cc(CCC)c4)cc(c3)C(=O)NCC2)c1. The van der Waals surface area contributed by atoms with Crippen LogP contribution in [0.4, 0.5) is 0 Å². The fourth-order valence-corrected chi connectivity index (χ4v) is 11.4. The maximum atomic E-state index is 14.3. The van der Waals surface area contributed by atoms with E-state index in [1.54, 1.807) is 54.6 Å². The Morgan fingerprint density at radius 1 is 0.258 bits per heavy atom. The Morgan fingerprint density at radius 3 is 0.596 bits per heavy atom. The van der Waals surface area contributed by atoms with Gasteiger partial charge in [0.05, 0.1) is 0 Å². The number of carbonyl (C=O) groups is 6. The molecule has 89 heavy (non-hydrogen) atoms. The molecule has 6 aromatic carbocycles. The lowest BCUT2D eigenvalue weighted by Gasteiger charge is -2.24. The number of rotatable bonds is 18. The van der Waals surface area contributed by atoms with Crippen molar-refractivity contribution < 1.29 is 43.0 Å². The van der Waals surface area contributed by atoms with Crippen molar-refractivity contribution in [3.63, 3.8) is 0 Å². The molecule has 3 aliphatic heterocycles. The highest BCUT2D eigenvalue weighted by molar-refractivity contribution is 6.02. The maximum absolute atomic E-state index is 14.3. The Labute approximate surface area is 525 Å². The average molecular weight is 1210 g/mol. The summed E-state index contributed by atoms with van der Waals surface area (Å²) in [6.07, 6.45) is 10.9. The number of aryl methyl sites for hydroxylation is 6. The minimum Gasteiger partial charge on any atom is -0.457 e. The van der Waals surface area contributed by atoms with Gasteiger partial charge in [0.2, 0.25) is 0 Å². The molecule has 0 aliphatic carbocycles. The van der Waals surface area contributed by atoms with E-state index >= 15 is 0 Å². The van der Waals surface area contributed by atoms with Crippen molar-refractivity contribution in [2.45, 2.75) is 119 Å². The van der Waals surface area contributed by atoms with E-state index in [2.05, 4.69) is 91.6 Å². The molecule has 8 bridgehead atoms. The lowest BCUT2D eigenvalue weighted by atomic mass is 10.0. The monoisotopic (exact) mass is 1210 g/mol. The average Bonchev–Trinajstić information content (AvgIpc) is 2.41. The van der Waals surface area contributed by atoms with Crippen LogP contribution in [0.25, 0.3) is 0 Å². The number of nitrogens with zero attached hydrogens (tertiary/aromatic N) is 2. The molecule has 6 N–H and O–H groups in total. The molecule has 6 amide bonds. The van der Waals surface area contributed by atoms with Crippen LogP contribution < -0.4 is 46.1 Å². The predicted molar refractivity (Wildman–Crippen MR) is 350 cm³/mol. The summed E-state index contributed by atoms with van der Waals surface area (Å²) >= 11 is 0. The summed E-state index contributed by atoms with van der Waals surface area (Å²) in [5, 5.41) is 18.3. The molecule has 0 saturated heterocycles. The number of carbonyl (C=O) groups excluding carboxylic acids is 6. The lowest BCUT2D eigenvalue weighted by molar-refractivity contribution is 0.0932. The second kappa shape index (κ2) is 33.7. The molecule has 0 spiro atoms. The Morgan fingerprint density at radius 2 is 0.427 bits per heavy atom. The first-order valence-corrected chi connectivity index (χ1v) is 32.2. The quantitative estimate of drug-likeness (QED) is 0.0477. The Hall–Kier alpha value is -8.54. The molecule has 6 aromatic rings. The Kier molecular flexibility index (Phi) is 25.2. The molecule has 472 valence electrons. The van der Waals surface area contributed by atoms with Crippen molar-refractivity contribution in [3.8, 4) is 34.5 Å². The van der Waals surface area contributed by atoms with Gasteiger partial charge in [-0.25, -0.2) is 0 Å². The zero-order chi connectivity index (χ0) is 63.1. The molecule has 0 radical (unpaired) electrons. The zero-order valence-corrected chi connectivity index (χ0v) is 52.9. The number of fused-ring (bicyclic) bond motifs is 18. The molecule has 17 nitrogen and oxygen atoms in total. The second-order valence-electron chi connectivity index (χ2n) is 23.2. The highest BCUT2D eigenvalue weighted by Gasteiger charge is 2.22. The highest BCUT2D eigenvalue weighted by atomic mass is 16.5. The van der Waals surface area contributed by atoms with E-state index in [1.165, 1.54) is 0 Å². The fourth-order valence-electron chi connectivity index (χ4n) is 11.4. The van der Waals surface area contributed by atoms with Crippen molar-refractivity contribution in [2.75, 3.05) is 78.5 Å². The van der Waals surface area contributed by atoms with Gasteiger partial charge in [-0.3, -0.25) is 38.6 Å². The van der Waals surface area contributed by atoms with Crippen LogP contribution in [-0.4, -0.2) is 124 Å². The van der Waals surface area contributed by atoms with Crippen LogP contribution in [0, 0.1) is 0 Å². The highest BCUT2D eigenvalue weighted by Crippen LogP contribution is 2.31. The van der Waals surface area contributed by atoms with Crippen LogP contribution in [-0.2, 0) is 38.5 Å². The van der Waals surface area contributed by atoms with Crippen LogP contribution in [0.5, 0.6) is 34.5 Å². The van der Waals surface area contributed by atoms with Gasteiger partial charge in [0.25, 0.3) is 35.4 Å². The first kappa shape index (κ1) is 66.4. The number of nitrogens with one attached hydrogen (secondary N) is 6. The molecule has 17 heteroatoms. The van der Waals surface area contributed by atoms with Gasteiger partial charge in [0.15, 0.2) is 0 Å². The van der Waals surface area contributed by atoms with Gasteiger partial charge in [-0.15, -0.1) is 0 Å². The Bertz CT molecular complexity index is 2890. The van der Waals surface area contributed by atoms with E-state index in [9.17, 15) is 28.8 Å². The van der Waals surface area contributed by atoms with Crippen molar-refractivity contribution in [2.24, 2.45) is 0 Å². The van der Waals surface area contributed by atoms with E-state index in [1.807, 2.05) is 46.2 Å². The number of amides is 6. The zero-order valence-electron chi connectivity index (χ0n) is 52.9. The van der Waals surface area contributed by atoms with Crippen LogP contribution in [0.1, 0.15) is 176 Å². The predicted octanol–water partition coefficient (Wildman–Crippen LogP) is 11.2. The lowest BCUT2D eigenvalue weighted by Crippen LogP contribution is -2.43. The third-order valence-corrected chi connectivity index (χ3v) is 15.6. The van der Waals surface area contributed by atoms with Crippen molar-refractivity contribution >= 4 is 35.4 Å². The minimum absolute atomic E-state index is 0.150. The van der Waals surface area contributed by atoms with Crippen LogP contribution >= 0.6 is 0 Å². The summed E-state index contributed by atoms with van der Waals surface area (Å²) in [6.45, 7) is 15.4. The maximum Gasteiger partial charge on any atom is 0.251 e. The number of benzene rings is 6. The Balaban J connectivity index is 1.14. The van der Waals surface area contributed by atoms with E-state index in [4.69, 9.17) is 14.2 Å². The second-order valence-corrected chi connectivity index (χ2v) is 23.2. The number of hydrogen-bond acceptors (Lipinski definition) is 11. The number of hydrogen-bond donors (Lipinski definition) is 6. The molecule has 0 unspecified atom stereocenters. The van der Waals surface area contributed by atoms with E-state index in [-0.39, 0.29) is 112 Å². The van der Waals surface area contributed by atoms with Crippen molar-refractivity contribution in [1.29, 1.82) is 0 Å². The normalized spacial score (nSPS) is 16.7. The third-order valence-electron chi connectivity index (χ3n) is 15.6. The molecule has 3 aliphatic rings. The smallest absolute Gasteiger partial charge is 0.251 e. The van der Waals surface area contributed by atoms with Crippen molar-refractivity contribution in [3.05, 3.63) is 176 Å². The fraction of sp³-hybridized carbons (Fsp3) is 0.417. The van der Waals surface area contributed by atoms with Gasteiger partial charge in [0.1, 0.15) is 34.5 Å². The van der Waals surface area contributed by atoms with Crippen LogP contribution in [0.15, 0.2) is 109 Å². The molecular weight excluding hydrogens is 1120 g/mol. The molecule has 0 atom stereocenters. The summed E-state index contributed by atoms with van der Waals surface area (Å²) in [7, 11) is 0. The van der Waals surface area contributed by atoms with E-state index in [0.29, 0.717) is 34.5 Å². The topological polar surface area (TPSA) is 209 Å². The van der Waals surface area contributed by atoms with E-state index < -0.39 is 35.4 Å². The first-order valence-electron chi connectivity index (χ1n) is 32.2. The summed E-state index contributed by atoms with van der Waals surface area (Å²) in [5.41, 5.74) is 8.13. The molecule has 0 fully saturated rings. The van der Waals surface area contributed by atoms with Gasteiger partial charge >= 0.3 is 0 Å². The minimum atomic E-state index is -0.426. The molecular formula is C72H90N8O9. The van der Waals surface area contributed by atoms with Crippen molar-refractivity contribution in [1.82, 2.24) is 41.7 Å². The largest absolute Gasteiger partial charge is 0.457 e. The summed E-state index contributed by atoms with van der Waals surface area (Å²) < 4.78 is 19.6. The van der Waals surface area contributed by atoms with Gasteiger partial charge in [-0.2, -0.15) is 0 Å².